The molecule has 0 radical (unpaired) electrons. The van der Waals surface area contributed by atoms with Gasteiger partial charge in [-0.05, 0) is 49.2 Å². The molecule has 2 N–H and O–H groups in total. The number of fused-ring (bicyclic) bond motifs is 1. The van der Waals surface area contributed by atoms with Crippen LogP contribution in [0.4, 0.5) is 4.39 Å². The quantitative estimate of drug-likeness (QED) is 0.702. The summed E-state index contributed by atoms with van der Waals surface area (Å²) in [6.45, 7) is 2.85. The number of para-hydroxylation sites is 2. The number of nitrogens with zero attached hydrogens (tertiary/aromatic N) is 2. The minimum Gasteiger partial charge on any atom is -0.388 e. The Kier molecular flexibility index (Phi) is 4.85. The van der Waals surface area contributed by atoms with Gasteiger partial charge in [-0.1, -0.05) is 24.3 Å². The van der Waals surface area contributed by atoms with Crippen molar-refractivity contribution < 1.29 is 9.50 Å². The number of aryl methyl sites for hydroxylation is 1. The first-order valence-corrected chi connectivity index (χ1v) is 9.39. The van der Waals surface area contributed by atoms with E-state index >= 15 is 0 Å². The molecule has 0 spiro atoms. The molecule has 1 aliphatic heterocycles. The van der Waals surface area contributed by atoms with Gasteiger partial charge in [-0.2, -0.15) is 0 Å². The van der Waals surface area contributed by atoms with E-state index in [-0.39, 0.29) is 11.5 Å². The number of nitrogens with one attached hydrogen (secondary N) is 1. The third-order valence-corrected chi connectivity index (χ3v) is 5.37. The lowest BCUT2D eigenvalue weighted by molar-refractivity contribution is 0.0494. The summed E-state index contributed by atoms with van der Waals surface area (Å²) >= 11 is 0. The average molecular weight is 369 g/mol. The Morgan fingerprint density at radius 3 is 2.85 bits per heavy atom. The lowest BCUT2D eigenvalue weighted by Gasteiger charge is -2.23. The van der Waals surface area contributed by atoms with Crippen molar-refractivity contribution in [3.63, 3.8) is 0 Å². The summed E-state index contributed by atoms with van der Waals surface area (Å²) in [5, 5.41) is 10.9. The van der Waals surface area contributed by atoms with Crippen LogP contribution in [-0.4, -0.2) is 44.8 Å². The number of rotatable bonds is 6. The Balaban J connectivity index is 1.33. The minimum atomic E-state index is -0.814. The van der Waals surface area contributed by atoms with Crippen LogP contribution >= 0.6 is 0 Å². The van der Waals surface area contributed by atoms with Gasteiger partial charge < -0.3 is 15.0 Å². The monoisotopic (exact) mass is 369 g/mol. The van der Waals surface area contributed by atoms with Gasteiger partial charge in [0.25, 0.3) is 0 Å². The topological polar surface area (TPSA) is 61.3 Å². The van der Waals surface area contributed by atoms with Gasteiger partial charge in [0, 0.05) is 26.1 Å². The van der Waals surface area contributed by atoms with Crippen molar-refractivity contribution >= 4 is 11.0 Å². The summed E-state index contributed by atoms with van der Waals surface area (Å²) in [5.41, 5.74) is 1.70. The van der Waals surface area contributed by atoms with Gasteiger partial charge >= 0.3 is 5.69 Å². The number of benzene rings is 2. The third-order valence-electron chi connectivity index (χ3n) is 5.37. The highest BCUT2D eigenvalue weighted by Gasteiger charge is 2.35. The van der Waals surface area contributed by atoms with Crippen molar-refractivity contribution in [3.8, 4) is 0 Å². The summed E-state index contributed by atoms with van der Waals surface area (Å²) in [6, 6.07) is 14.1. The maximum atomic E-state index is 13.4. The Bertz CT molecular complexity index is 996. The molecule has 0 amide bonds. The molecule has 1 aromatic heterocycles. The standard InChI is InChI=1S/C21H24FN3O2/c22-17-6-3-5-16(13-17)14-21(27)9-12-24(15-21)10-4-11-25-19-8-2-1-7-18(19)23-20(25)26/h1-3,5-8,13,27H,4,9-12,14-15H2,(H,23,26). The predicted molar refractivity (Wildman–Crippen MR) is 103 cm³/mol. The summed E-state index contributed by atoms with van der Waals surface area (Å²) in [4.78, 5) is 17.2. The van der Waals surface area contributed by atoms with Crippen molar-refractivity contribution in [2.45, 2.75) is 31.4 Å². The van der Waals surface area contributed by atoms with Gasteiger partial charge in [0.1, 0.15) is 5.82 Å². The van der Waals surface area contributed by atoms with Crippen molar-refractivity contribution in [3.05, 3.63) is 70.4 Å². The first-order chi connectivity index (χ1) is 13.0. The largest absolute Gasteiger partial charge is 0.388 e. The number of aromatic nitrogens is 2. The number of β-amino-alcohol motifs (C(OH)–C–C–N with tert-alkyl or cyclic N) is 1. The van der Waals surface area contributed by atoms with Crippen LogP contribution in [0.2, 0.25) is 0 Å². The van der Waals surface area contributed by atoms with Crippen LogP contribution in [0.15, 0.2) is 53.3 Å². The van der Waals surface area contributed by atoms with E-state index in [4.69, 9.17) is 0 Å². The smallest absolute Gasteiger partial charge is 0.326 e. The molecule has 1 unspecified atom stereocenters. The van der Waals surface area contributed by atoms with Gasteiger partial charge in [0.15, 0.2) is 0 Å². The number of likely N-dealkylation sites (tertiary alicyclic amines) is 1. The van der Waals surface area contributed by atoms with Crippen LogP contribution in [0.3, 0.4) is 0 Å². The molecule has 0 bridgehead atoms. The molecule has 5 nitrogen and oxygen atoms in total. The molecule has 27 heavy (non-hydrogen) atoms. The summed E-state index contributed by atoms with van der Waals surface area (Å²) in [5.74, 6) is -0.268. The van der Waals surface area contributed by atoms with E-state index in [1.165, 1.54) is 12.1 Å². The third kappa shape index (κ3) is 3.96. The summed E-state index contributed by atoms with van der Waals surface area (Å²) < 4.78 is 15.1. The Morgan fingerprint density at radius 1 is 1.15 bits per heavy atom. The number of imidazole rings is 1. The SMILES string of the molecule is O=c1[nH]c2ccccc2n1CCCN1CCC(O)(Cc2cccc(F)c2)C1. The molecule has 6 heteroatoms. The van der Waals surface area contributed by atoms with Gasteiger partial charge in [-0.3, -0.25) is 4.57 Å². The zero-order valence-corrected chi connectivity index (χ0v) is 15.2. The lowest BCUT2D eigenvalue weighted by Crippen LogP contribution is -2.36. The number of hydrogen-bond donors (Lipinski definition) is 2. The summed E-state index contributed by atoms with van der Waals surface area (Å²) in [6.07, 6.45) is 1.97. The van der Waals surface area contributed by atoms with Crippen LogP contribution in [0.25, 0.3) is 11.0 Å². The highest BCUT2D eigenvalue weighted by atomic mass is 19.1. The maximum absolute atomic E-state index is 13.4. The fourth-order valence-electron chi connectivity index (χ4n) is 4.08. The molecular formula is C21H24FN3O2. The molecular weight excluding hydrogens is 345 g/mol. The summed E-state index contributed by atoms with van der Waals surface area (Å²) in [7, 11) is 0. The molecule has 2 aromatic carbocycles. The van der Waals surface area contributed by atoms with Crippen LogP contribution in [0.5, 0.6) is 0 Å². The highest BCUT2D eigenvalue weighted by molar-refractivity contribution is 5.74. The van der Waals surface area contributed by atoms with E-state index in [9.17, 15) is 14.3 Å². The zero-order valence-electron chi connectivity index (χ0n) is 15.2. The minimum absolute atomic E-state index is 0.0831. The number of H-pyrrole nitrogens is 1. The lowest BCUT2D eigenvalue weighted by atomic mass is 9.94. The molecule has 1 aliphatic rings. The second kappa shape index (κ2) is 7.29. The average Bonchev–Trinajstić information content (AvgIpc) is 3.15. The molecule has 142 valence electrons. The van der Waals surface area contributed by atoms with E-state index in [0.717, 1.165) is 36.1 Å². The number of aliphatic hydroxyl groups is 1. The molecule has 1 fully saturated rings. The van der Waals surface area contributed by atoms with Gasteiger partial charge in [-0.25, -0.2) is 9.18 Å². The first kappa shape index (κ1) is 17.9. The van der Waals surface area contributed by atoms with Crippen LogP contribution in [0.1, 0.15) is 18.4 Å². The van der Waals surface area contributed by atoms with Crippen LogP contribution in [0, 0.1) is 5.82 Å². The molecule has 4 rings (SSSR count). The molecule has 0 saturated carbocycles. The van der Waals surface area contributed by atoms with Crippen LogP contribution < -0.4 is 5.69 Å². The van der Waals surface area contributed by atoms with Gasteiger partial charge in [-0.15, -0.1) is 0 Å². The van der Waals surface area contributed by atoms with Crippen molar-refractivity contribution in [2.24, 2.45) is 0 Å². The second-order valence-corrected chi connectivity index (χ2v) is 7.51. The van der Waals surface area contributed by atoms with Crippen molar-refractivity contribution in [1.29, 1.82) is 0 Å². The normalized spacial score (nSPS) is 20.5. The van der Waals surface area contributed by atoms with Gasteiger partial charge in [0.05, 0.1) is 16.6 Å². The highest BCUT2D eigenvalue weighted by Crippen LogP contribution is 2.26. The number of hydrogen-bond acceptors (Lipinski definition) is 3. The molecule has 1 atom stereocenters. The van der Waals surface area contributed by atoms with E-state index in [2.05, 4.69) is 9.88 Å². The van der Waals surface area contributed by atoms with Crippen LogP contribution in [-0.2, 0) is 13.0 Å². The fraction of sp³-hybridized carbons (Fsp3) is 0.381. The Labute approximate surface area is 157 Å². The molecule has 3 aromatic rings. The molecule has 0 aliphatic carbocycles. The van der Waals surface area contributed by atoms with Crippen molar-refractivity contribution in [1.82, 2.24) is 14.5 Å². The molecule has 1 saturated heterocycles. The number of aromatic amines is 1. The Hall–Kier alpha value is -2.44. The fourth-order valence-corrected chi connectivity index (χ4v) is 4.08. The van der Waals surface area contributed by atoms with E-state index in [1.807, 2.05) is 30.3 Å². The maximum Gasteiger partial charge on any atom is 0.326 e. The first-order valence-electron chi connectivity index (χ1n) is 9.39. The zero-order chi connectivity index (χ0) is 18.9. The van der Waals surface area contributed by atoms with E-state index in [1.54, 1.807) is 10.6 Å². The van der Waals surface area contributed by atoms with Gasteiger partial charge in [0.2, 0.25) is 0 Å². The molecule has 2 heterocycles. The van der Waals surface area contributed by atoms with E-state index < -0.39 is 5.60 Å². The Morgan fingerprint density at radius 2 is 2.00 bits per heavy atom. The number of halogens is 1. The predicted octanol–water partition coefficient (Wildman–Crippen LogP) is 2.54. The van der Waals surface area contributed by atoms with E-state index in [0.29, 0.717) is 25.9 Å². The van der Waals surface area contributed by atoms with Crippen molar-refractivity contribution in [2.75, 3.05) is 19.6 Å². The second-order valence-electron chi connectivity index (χ2n) is 7.51.